The van der Waals surface area contributed by atoms with Crippen LogP contribution in [-0.4, -0.2) is 16.9 Å². The number of carbonyl (C=O) groups excluding carboxylic acids is 1. The molecule has 1 aliphatic rings. The van der Waals surface area contributed by atoms with E-state index in [2.05, 4.69) is 5.32 Å². The van der Waals surface area contributed by atoms with Gasteiger partial charge in [0.05, 0.1) is 21.8 Å². The fourth-order valence-electron chi connectivity index (χ4n) is 4.40. The fraction of sp³-hybridized carbons (Fsp3) is 0.360. The number of nitrogens with one attached hydrogen (secondary N) is 1. The van der Waals surface area contributed by atoms with E-state index in [-0.39, 0.29) is 11.9 Å². The molecule has 4 rings (SSSR count). The van der Waals surface area contributed by atoms with Gasteiger partial charge in [-0.1, -0.05) is 73.5 Å². The molecule has 156 valence electrons. The number of amides is 1. The van der Waals surface area contributed by atoms with Crippen LogP contribution in [0.25, 0.3) is 22.2 Å². The lowest BCUT2D eigenvalue weighted by molar-refractivity contribution is 0.0931. The van der Waals surface area contributed by atoms with Gasteiger partial charge in [0.2, 0.25) is 0 Å². The van der Waals surface area contributed by atoms with Gasteiger partial charge in [-0.3, -0.25) is 4.79 Å². The van der Waals surface area contributed by atoms with E-state index in [0.717, 1.165) is 40.6 Å². The Morgan fingerprint density at radius 1 is 1.00 bits per heavy atom. The number of halogens is 2. The number of nitrogens with zero attached hydrogens (tertiary/aromatic N) is 1. The minimum Gasteiger partial charge on any atom is -0.349 e. The predicted octanol–water partition coefficient (Wildman–Crippen LogP) is 7.36. The summed E-state index contributed by atoms with van der Waals surface area (Å²) in [6.07, 6.45) is 8.25. The Bertz CT molecular complexity index is 1070. The molecule has 3 nitrogen and oxygen atoms in total. The Balaban J connectivity index is 1.78. The summed E-state index contributed by atoms with van der Waals surface area (Å²) >= 11 is 12.6. The van der Waals surface area contributed by atoms with Crippen molar-refractivity contribution in [3.63, 3.8) is 0 Å². The van der Waals surface area contributed by atoms with Crippen molar-refractivity contribution >= 4 is 40.0 Å². The topological polar surface area (TPSA) is 42.0 Å². The summed E-state index contributed by atoms with van der Waals surface area (Å²) in [6.45, 7) is 1.95. The van der Waals surface area contributed by atoms with Crippen molar-refractivity contribution in [3.8, 4) is 11.3 Å². The zero-order valence-corrected chi connectivity index (χ0v) is 18.7. The molecule has 0 spiro atoms. The van der Waals surface area contributed by atoms with Crippen molar-refractivity contribution in [2.75, 3.05) is 0 Å². The van der Waals surface area contributed by atoms with Gasteiger partial charge in [-0.25, -0.2) is 4.98 Å². The van der Waals surface area contributed by atoms with Crippen LogP contribution in [0.3, 0.4) is 0 Å². The van der Waals surface area contributed by atoms with Crippen LogP contribution in [0.1, 0.15) is 60.9 Å². The van der Waals surface area contributed by atoms with Crippen LogP contribution in [0.2, 0.25) is 10.0 Å². The summed E-state index contributed by atoms with van der Waals surface area (Å²) in [6, 6.07) is 13.4. The molecule has 1 amide bonds. The third-order valence-electron chi connectivity index (χ3n) is 5.99. The third-order valence-corrected chi connectivity index (χ3v) is 6.54. The Hall–Kier alpha value is -2.10. The standard InChI is InChI=1S/C25H26Cl2N2O/c1-16-23(25(30)28-18-9-5-3-2-4-6-10-18)20-11-7-8-12-22(20)29-24(16)19-14-13-17(26)15-21(19)27/h7-8,11-15,18H,2-6,9-10H2,1H3,(H,28,30). The Morgan fingerprint density at radius 2 is 1.70 bits per heavy atom. The molecule has 1 aliphatic carbocycles. The summed E-state index contributed by atoms with van der Waals surface area (Å²) in [5.41, 5.74) is 3.80. The summed E-state index contributed by atoms with van der Waals surface area (Å²) < 4.78 is 0. The molecule has 0 saturated heterocycles. The molecule has 1 aromatic heterocycles. The van der Waals surface area contributed by atoms with E-state index in [4.69, 9.17) is 28.2 Å². The summed E-state index contributed by atoms with van der Waals surface area (Å²) in [5, 5.41) is 5.29. The molecule has 0 unspecified atom stereocenters. The van der Waals surface area contributed by atoms with Gasteiger partial charge in [-0.05, 0) is 49.6 Å². The van der Waals surface area contributed by atoms with Crippen LogP contribution < -0.4 is 5.32 Å². The normalized spacial score (nSPS) is 15.6. The van der Waals surface area contributed by atoms with Crippen LogP contribution >= 0.6 is 23.2 Å². The van der Waals surface area contributed by atoms with E-state index in [1.807, 2.05) is 37.3 Å². The van der Waals surface area contributed by atoms with Gasteiger partial charge in [-0.15, -0.1) is 0 Å². The van der Waals surface area contributed by atoms with Crippen molar-refractivity contribution in [1.82, 2.24) is 10.3 Å². The highest BCUT2D eigenvalue weighted by Gasteiger charge is 2.22. The van der Waals surface area contributed by atoms with Crippen LogP contribution in [0, 0.1) is 6.92 Å². The molecular weight excluding hydrogens is 415 g/mol. The highest BCUT2D eigenvalue weighted by molar-refractivity contribution is 6.36. The molecule has 1 heterocycles. The van der Waals surface area contributed by atoms with Crippen molar-refractivity contribution in [2.24, 2.45) is 0 Å². The lowest BCUT2D eigenvalue weighted by Gasteiger charge is -2.22. The number of benzene rings is 2. The molecule has 30 heavy (non-hydrogen) atoms. The van der Waals surface area contributed by atoms with E-state index in [0.29, 0.717) is 15.6 Å². The fourth-order valence-corrected chi connectivity index (χ4v) is 4.90. The van der Waals surface area contributed by atoms with Crippen LogP contribution in [-0.2, 0) is 0 Å². The Morgan fingerprint density at radius 3 is 2.43 bits per heavy atom. The number of hydrogen-bond donors (Lipinski definition) is 1. The third kappa shape index (κ3) is 4.48. The average Bonchev–Trinajstić information content (AvgIpc) is 2.70. The zero-order chi connectivity index (χ0) is 21.1. The zero-order valence-electron chi connectivity index (χ0n) is 17.2. The Labute approximate surface area is 187 Å². The molecule has 1 saturated carbocycles. The van der Waals surface area contributed by atoms with Gasteiger partial charge in [0.1, 0.15) is 0 Å². The van der Waals surface area contributed by atoms with Gasteiger partial charge < -0.3 is 5.32 Å². The molecule has 0 aliphatic heterocycles. The molecule has 1 fully saturated rings. The highest BCUT2D eigenvalue weighted by Crippen LogP contribution is 2.35. The smallest absolute Gasteiger partial charge is 0.252 e. The SMILES string of the molecule is Cc1c(-c2ccc(Cl)cc2Cl)nc2ccccc2c1C(=O)NC1CCCCCCC1. The first-order valence-corrected chi connectivity index (χ1v) is 11.5. The quantitative estimate of drug-likeness (QED) is 0.461. The number of fused-ring (bicyclic) bond motifs is 1. The summed E-state index contributed by atoms with van der Waals surface area (Å²) in [5.74, 6) is -0.0250. The minimum atomic E-state index is -0.0250. The number of carbonyl (C=O) groups is 1. The molecule has 3 aromatic rings. The number of aromatic nitrogens is 1. The highest BCUT2D eigenvalue weighted by atomic mass is 35.5. The second kappa shape index (κ2) is 9.36. The lowest BCUT2D eigenvalue weighted by Crippen LogP contribution is -2.35. The number of rotatable bonds is 3. The molecule has 1 N–H and O–H groups in total. The first-order chi connectivity index (χ1) is 14.5. The Kier molecular flexibility index (Phi) is 6.60. The van der Waals surface area contributed by atoms with E-state index in [1.54, 1.807) is 12.1 Å². The van der Waals surface area contributed by atoms with E-state index < -0.39 is 0 Å². The van der Waals surface area contributed by atoms with Crippen molar-refractivity contribution in [2.45, 2.75) is 57.9 Å². The average molecular weight is 441 g/mol. The second-order valence-corrected chi connectivity index (χ2v) is 8.96. The van der Waals surface area contributed by atoms with Crippen molar-refractivity contribution in [1.29, 1.82) is 0 Å². The first kappa shape index (κ1) is 21.1. The van der Waals surface area contributed by atoms with Gasteiger partial charge >= 0.3 is 0 Å². The van der Waals surface area contributed by atoms with Crippen molar-refractivity contribution in [3.05, 3.63) is 63.6 Å². The van der Waals surface area contributed by atoms with Gasteiger partial charge in [0, 0.05) is 22.0 Å². The van der Waals surface area contributed by atoms with Crippen LogP contribution in [0.4, 0.5) is 0 Å². The van der Waals surface area contributed by atoms with Gasteiger partial charge in [-0.2, -0.15) is 0 Å². The molecule has 2 aromatic carbocycles. The first-order valence-electron chi connectivity index (χ1n) is 10.7. The maximum Gasteiger partial charge on any atom is 0.252 e. The summed E-state index contributed by atoms with van der Waals surface area (Å²) in [7, 11) is 0. The molecule has 5 heteroatoms. The second-order valence-electron chi connectivity index (χ2n) is 8.12. The molecule has 0 bridgehead atoms. The molecule has 0 atom stereocenters. The molecule has 0 radical (unpaired) electrons. The van der Waals surface area contributed by atoms with Crippen LogP contribution in [0.5, 0.6) is 0 Å². The van der Waals surface area contributed by atoms with Crippen molar-refractivity contribution < 1.29 is 4.79 Å². The van der Waals surface area contributed by atoms with Crippen LogP contribution in [0.15, 0.2) is 42.5 Å². The number of hydrogen-bond acceptors (Lipinski definition) is 2. The molecular formula is C25H26Cl2N2O. The number of pyridine rings is 1. The largest absolute Gasteiger partial charge is 0.349 e. The minimum absolute atomic E-state index is 0.0250. The summed E-state index contributed by atoms with van der Waals surface area (Å²) in [4.78, 5) is 18.3. The van der Waals surface area contributed by atoms with E-state index in [1.165, 1.54) is 32.1 Å². The van der Waals surface area contributed by atoms with Gasteiger partial charge in [0.25, 0.3) is 5.91 Å². The van der Waals surface area contributed by atoms with E-state index in [9.17, 15) is 4.79 Å². The lowest BCUT2D eigenvalue weighted by atomic mass is 9.94. The number of para-hydroxylation sites is 1. The predicted molar refractivity (Wildman–Crippen MR) is 126 cm³/mol. The maximum atomic E-state index is 13.5. The van der Waals surface area contributed by atoms with Gasteiger partial charge in [0.15, 0.2) is 0 Å². The van der Waals surface area contributed by atoms with E-state index >= 15 is 0 Å². The maximum absolute atomic E-state index is 13.5. The monoisotopic (exact) mass is 440 g/mol.